The first-order valence-electron chi connectivity index (χ1n) is 8.25. The van der Waals surface area contributed by atoms with Gasteiger partial charge >= 0.3 is 0 Å². The molecule has 1 amide bonds. The van der Waals surface area contributed by atoms with Crippen LogP contribution in [0.25, 0.3) is 11.0 Å². The van der Waals surface area contributed by atoms with Crippen LogP contribution in [0.2, 0.25) is 0 Å². The number of thiazole rings is 1. The summed E-state index contributed by atoms with van der Waals surface area (Å²) < 4.78 is 11.8. The zero-order valence-electron chi connectivity index (χ0n) is 15.3. The van der Waals surface area contributed by atoms with Gasteiger partial charge in [0, 0.05) is 16.4 Å². The topological polar surface area (TPSA) is 98.6 Å². The van der Waals surface area contributed by atoms with E-state index in [2.05, 4.69) is 4.98 Å². The Kier molecular flexibility index (Phi) is 4.77. The summed E-state index contributed by atoms with van der Waals surface area (Å²) >= 11 is 1.53. The molecule has 0 bridgehead atoms. The van der Waals surface area contributed by atoms with Crippen LogP contribution in [-0.4, -0.2) is 22.6 Å². The minimum Gasteiger partial charge on any atom is -0.488 e. The van der Waals surface area contributed by atoms with E-state index in [4.69, 9.17) is 14.9 Å². The predicted molar refractivity (Wildman–Crippen MR) is 101 cm³/mol. The number of furan rings is 1. The fourth-order valence-electron chi connectivity index (χ4n) is 3.07. The Morgan fingerprint density at radius 1 is 1.38 bits per heavy atom. The van der Waals surface area contributed by atoms with Gasteiger partial charge in [-0.15, -0.1) is 11.3 Å². The van der Waals surface area contributed by atoms with Crippen LogP contribution in [0.15, 0.2) is 22.1 Å². The summed E-state index contributed by atoms with van der Waals surface area (Å²) in [5.74, 6) is 0.484. The number of aromatic nitrogens is 1. The maximum Gasteiger partial charge on any atom is 0.252 e. The number of carbonyl (C=O) groups is 1. The lowest BCUT2D eigenvalue weighted by molar-refractivity contribution is 0.1000. The van der Waals surface area contributed by atoms with Crippen molar-refractivity contribution >= 4 is 28.2 Å². The van der Waals surface area contributed by atoms with Gasteiger partial charge in [0.1, 0.15) is 23.7 Å². The molecular formula is C19H22N2O4S. The van der Waals surface area contributed by atoms with E-state index in [-0.39, 0.29) is 6.61 Å². The standard InChI is InChI=1S/C19H22N2O4S/c1-10-14(26-9-21-10)7-24-13-6-5-12-16(17(13)19(3,4)8-22)15(18(20)23)11(2)25-12/h5-6,9,22H,7-8H2,1-4H3,(H2,20,23). The lowest BCUT2D eigenvalue weighted by atomic mass is 9.81. The molecule has 3 aromatic rings. The van der Waals surface area contributed by atoms with Crippen molar-refractivity contribution in [3.05, 3.63) is 45.1 Å². The van der Waals surface area contributed by atoms with Crippen LogP contribution in [-0.2, 0) is 12.0 Å². The molecule has 0 radical (unpaired) electrons. The van der Waals surface area contributed by atoms with Crippen molar-refractivity contribution in [2.24, 2.45) is 5.73 Å². The van der Waals surface area contributed by atoms with Crippen LogP contribution >= 0.6 is 11.3 Å². The molecule has 138 valence electrons. The number of carbonyl (C=O) groups excluding carboxylic acids is 1. The van der Waals surface area contributed by atoms with Crippen molar-refractivity contribution in [2.45, 2.75) is 39.7 Å². The molecule has 6 nitrogen and oxygen atoms in total. The second-order valence-corrected chi connectivity index (χ2v) is 7.84. The number of aliphatic hydroxyl groups excluding tert-OH is 1. The summed E-state index contributed by atoms with van der Waals surface area (Å²) in [4.78, 5) is 17.3. The molecule has 2 aromatic heterocycles. The molecule has 0 fully saturated rings. The summed E-state index contributed by atoms with van der Waals surface area (Å²) in [5, 5.41) is 10.6. The lowest BCUT2D eigenvalue weighted by Crippen LogP contribution is -2.24. The number of rotatable bonds is 6. The first-order chi connectivity index (χ1) is 12.3. The Balaban J connectivity index is 2.19. The Bertz CT molecular complexity index is 971. The Labute approximate surface area is 155 Å². The number of amides is 1. The number of nitrogens with zero attached hydrogens (tertiary/aromatic N) is 1. The highest BCUT2D eigenvalue weighted by Gasteiger charge is 2.31. The van der Waals surface area contributed by atoms with E-state index >= 15 is 0 Å². The van der Waals surface area contributed by atoms with Crippen molar-refractivity contribution in [1.82, 2.24) is 4.98 Å². The van der Waals surface area contributed by atoms with E-state index in [1.54, 1.807) is 24.6 Å². The number of hydrogen-bond acceptors (Lipinski definition) is 6. The van der Waals surface area contributed by atoms with Crippen LogP contribution in [0.5, 0.6) is 5.75 Å². The number of fused-ring (bicyclic) bond motifs is 1. The van der Waals surface area contributed by atoms with E-state index < -0.39 is 11.3 Å². The molecule has 3 N–H and O–H groups in total. The van der Waals surface area contributed by atoms with E-state index in [1.165, 1.54) is 11.3 Å². The van der Waals surface area contributed by atoms with E-state index in [9.17, 15) is 9.90 Å². The molecule has 1 aromatic carbocycles. The van der Waals surface area contributed by atoms with Crippen LogP contribution in [0.4, 0.5) is 0 Å². The number of hydrogen-bond donors (Lipinski definition) is 2. The van der Waals surface area contributed by atoms with Gasteiger partial charge in [0.25, 0.3) is 5.91 Å². The Hall–Kier alpha value is -2.38. The second kappa shape index (κ2) is 6.74. The van der Waals surface area contributed by atoms with Gasteiger partial charge in [0.15, 0.2) is 0 Å². The first kappa shape index (κ1) is 18.4. The highest BCUT2D eigenvalue weighted by atomic mass is 32.1. The lowest BCUT2D eigenvalue weighted by Gasteiger charge is -2.26. The molecule has 0 spiro atoms. The van der Waals surface area contributed by atoms with Gasteiger partial charge in [-0.25, -0.2) is 4.98 Å². The number of aliphatic hydroxyl groups is 1. The second-order valence-electron chi connectivity index (χ2n) is 6.90. The van der Waals surface area contributed by atoms with Crippen LogP contribution < -0.4 is 10.5 Å². The molecule has 3 rings (SSSR count). The number of nitrogens with two attached hydrogens (primary N) is 1. The quantitative estimate of drug-likeness (QED) is 0.688. The fourth-order valence-corrected chi connectivity index (χ4v) is 3.75. The van der Waals surface area contributed by atoms with Crippen molar-refractivity contribution in [1.29, 1.82) is 0 Å². The predicted octanol–water partition coefficient (Wildman–Crippen LogP) is 3.45. The first-order valence-corrected chi connectivity index (χ1v) is 9.13. The molecule has 7 heteroatoms. The SMILES string of the molecule is Cc1ncsc1COc1ccc2oc(C)c(C(N)=O)c2c1C(C)(C)CO. The molecule has 0 aliphatic heterocycles. The zero-order chi connectivity index (χ0) is 19.1. The molecule has 0 aliphatic carbocycles. The monoisotopic (exact) mass is 374 g/mol. The largest absolute Gasteiger partial charge is 0.488 e. The van der Waals surface area contributed by atoms with Gasteiger partial charge in [0.2, 0.25) is 0 Å². The minimum atomic E-state index is -0.655. The molecule has 0 atom stereocenters. The fraction of sp³-hybridized carbons (Fsp3) is 0.368. The summed E-state index contributed by atoms with van der Waals surface area (Å²) in [7, 11) is 0. The average Bonchev–Trinajstić information content (AvgIpc) is 3.14. The number of ether oxygens (including phenoxy) is 1. The van der Waals surface area contributed by atoms with E-state index in [0.717, 1.165) is 10.6 Å². The van der Waals surface area contributed by atoms with Gasteiger partial charge in [-0.1, -0.05) is 13.8 Å². The third kappa shape index (κ3) is 3.08. The van der Waals surface area contributed by atoms with Gasteiger partial charge in [-0.2, -0.15) is 0 Å². The summed E-state index contributed by atoms with van der Waals surface area (Å²) in [6.07, 6.45) is 0. The molecule has 0 saturated carbocycles. The van der Waals surface area contributed by atoms with Gasteiger partial charge in [-0.3, -0.25) is 4.79 Å². The van der Waals surface area contributed by atoms with Crippen molar-refractivity contribution < 1.29 is 19.1 Å². The summed E-state index contributed by atoms with van der Waals surface area (Å²) in [5.41, 5.74) is 9.23. The van der Waals surface area contributed by atoms with E-state index in [0.29, 0.717) is 40.2 Å². The zero-order valence-corrected chi connectivity index (χ0v) is 16.1. The molecular weight excluding hydrogens is 352 g/mol. The van der Waals surface area contributed by atoms with Crippen molar-refractivity contribution in [3.63, 3.8) is 0 Å². The smallest absolute Gasteiger partial charge is 0.252 e. The van der Waals surface area contributed by atoms with Crippen LogP contribution in [0, 0.1) is 13.8 Å². The number of primary amides is 1. The van der Waals surface area contributed by atoms with Crippen LogP contribution in [0.3, 0.4) is 0 Å². The molecule has 2 heterocycles. The van der Waals surface area contributed by atoms with Gasteiger partial charge in [-0.05, 0) is 26.0 Å². The normalized spacial score (nSPS) is 11.9. The molecule has 0 unspecified atom stereocenters. The highest BCUT2D eigenvalue weighted by Crippen LogP contribution is 2.41. The van der Waals surface area contributed by atoms with Crippen LogP contribution in [0.1, 0.15) is 46.1 Å². The Morgan fingerprint density at radius 3 is 2.69 bits per heavy atom. The molecule has 0 saturated heterocycles. The van der Waals surface area contributed by atoms with Gasteiger partial charge < -0.3 is 20.0 Å². The minimum absolute atomic E-state index is 0.121. The Morgan fingerprint density at radius 2 is 2.12 bits per heavy atom. The molecule has 0 aliphatic rings. The third-order valence-corrected chi connectivity index (χ3v) is 5.42. The molecule has 26 heavy (non-hydrogen) atoms. The van der Waals surface area contributed by atoms with Crippen molar-refractivity contribution in [2.75, 3.05) is 6.61 Å². The maximum atomic E-state index is 12.0. The third-order valence-electron chi connectivity index (χ3n) is 4.52. The summed E-state index contributed by atoms with van der Waals surface area (Å²) in [6, 6.07) is 3.57. The number of benzene rings is 1. The average molecular weight is 374 g/mol. The van der Waals surface area contributed by atoms with E-state index in [1.807, 2.05) is 20.8 Å². The summed E-state index contributed by atoms with van der Waals surface area (Å²) in [6.45, 7) is 7.65. The van der Waals surface area contributed by atoms with Gasteiger partial charge in [0.05, 0.1) is 28.3 Å². The van der Waals surface area contributed by atoms with Crippen molar-refractivity contribution in [3.8, 4) is 5.75 Å². The number of aryl methyl sites for hydroxylation is 2. The maximum absolute atomic E-state index is 12.0. The highest BCUT2D eigenvalue weighted by molar-refractivity contribution is 7.09.